The molecule has 0 aliphatic rings. The number of aromatic nitrogens is 2. The van der Waals surface area contributed by atoms with Crippen LogP contribution in [0.15, 0.2) is 94.1 Å². The fraction of sp³-hybridized carbons (Fsp3) is 0.0435. The fourth-order valence-corrected chi connectivity index (χ4v) is 3.87. The maximum Gasteiger partial charge on any atom is 0.182 e. The predicted octanol–water partition coefficient (Wildman–Crippen LogP) is 6.63. The quantitative estimate of drug-likeness (QED) is 0.291. The molecule has 28 heavy (non-hydrogen) atoms. The van der Waals surface area contributed by atoms with E-state index >= 15 is 0 Å². The number of ketones is 1. The molecule has 0 bridgehead atoms. The third-order valence-corrected chi connectivity index (χ3v) is 5.62. The van der Waals surface area contributed by atoms with Gasteiger partial charge in [-0.1, -0.05) is 88.7 Å². The molecule has 0 aliphatic heterocycles. The monoisotopic (exact) mass is 494 g/mol. The summed E-state index contributed by atoms with van der Waals surface area (Å²) in [5.74, 6) is 0.0300. The Hall–Kier alpha value is -2.50. The number of halogens is 2. The van der Waals surface area contributed by atoms with E-state index in [4.69, 9.17) is 4.98 Å². The van der Waals surface area contributed by atoms with Gasteiger partial charge in [-0.25, -0.2) is 4.98 Å². The summed E-state index contributed by atoms with van der Waals surface area (Å²) in [6, 6.07) is 27.5. The third kappa shape index (κ3) is 3.86. The molecule has 0 spiro atoms. The van der Waals surface area contributed by atoms with E-state index in [0.29, 0.717) is 10.3 Å². The molecule has 1 aromatic heterocycles. The van der Waals surface area contributed by atoms with Gasteiger partial charge in [0, 0.05) is 21.2 Å². The molecular formula is C23H16Br2N2O. The number of carbonyl (C=O) groups is 1. The van der Waals surface area contributed by atoms with E-state index in [1.54, 1.807) is 0 Å². The first-order chi connectivity index (χ1) is 13.6. The van der Waals surface area contributed by atoms with E-state index in [1.807, 2.05) is 89.5 Å². The number of imidazole rings is 1. The van der Waals surface area contributed by atoms with Crippen molar-refractivity contribution in [2.24, 2.45) is 0 Å². The molecular weight excluding hydrogens is 480 g/mol. The summed E-state index contributed by atoms with van der Waals surface area (Å²) in [4.78, 5) is 17.7. The van der Waals surface area contributed by atoms with E-state index in [0.717, 1.165) is 27.0 Å². The van der Waals surface area contributed by atoms with Crippen molar-refractivity contribution in [3.8, 4) is 22.5 Å². The van der Waals surface area contributed by atoms with Crippen molar-refractivity contribution in [3.63, 3.8) is 0 Å². The second kappa shape index (κ2) is 8.25. The molecule has 0 amide bonds. The first-order valence-electron chi connectivity index (χ1n) is 8.79. The standard InChI is InChI=1S/C23H16Br2N2O/c24-19-13-11-16(12-14-19)20(28)15-27-22(18-9-5-2-6-10-18)21(26-23(27)25)17-7-3-1-4-8-17/h1-14H,15H2. The topological polar surface area (TPSA) is 34.9 Å². The number of Topliss-reactive ketones (excluding diaryl/α,β-unsaturated/α-hetero) is 1. The van der Waals surface area contributed by atoms with Crippen molar-refractivity contribution in [1.82, 2.24) is 9.55 Å². The lowest BCUT2D eigenvalue weighted by molar-refractivity contribution is 0.0972. The molecule has 0 saturated heterocycles. The van der Waals surface area contributed by atoms with Crippen LogP contribution in [0, 0.1) is 0 Å². The van der Waals surface area contributed by atoms with Gasteiger partial charge in [-0.15, -0.1) is 0 Å². The highest BCUT2D eigenvalue weighted by molar-refractivity contribution is 9.10. The van der Waals surface area contributed by atoms with Crippen LogP contribution in [0.2, 0.25) is 0 Å². The van der Waals surface area contributed by atoms with E-state index in [1.165, 1.54) is 0 Å². The van der Waals surface area contributed by atoms with E-state index in [2.05, 4.69) is 31.9 Å². The summed E-state index contributed by atoms with van der Waals surface area (Å²) in [5, 5.41) is 0. The first kappa shape index (κ1) is 18.8. The Morgan fingerprint density at radius 2 is 1.36 bits per heavy atom. The average Bonchev–Trinajstić information content (AvgIpc) is 3.06. The van der Waals surface area contributed by atoms with Gasteiger partial charge in [0.2, 0.25) is 0 Å². The SMILES string of the molecule is O=C(Cn1c(Br)nc(-c2ccccc2)c1-c1ccccc1)c1ccc(Br)cc1. The molecule has 5 heteroatoms. The highest BCUT2D eigenvalue weighted by atomic mass is 79.9. The maximum absolute atomic E-state index is 12.9. The van der Waals surface area contributed by atoms with Crippen LogP contribution < -0.4 is 0 Å². The van der Waals surface area contributed by atoms with Gasteiger partial charge in [-0.3, -0.25) is 4.79 Å². The average molecular weight is 496 g/mol. The van der Waals surface area contributed by atoms with Crippen LogP contribution >= 0.6 is 31.9 Å². The number of benzene rings is 3. The lowest BCUT2D eigenvalue weighted by Gasteiger charge is -2.11. The Kier molecular flexibility index (Phi) is 5.55. The number of rotatable bonds is 5. The van der Waals surface area contributed by atoms with Gasteiger partial charge in [0.1, 0.15) is 0 Å². The summed E-state index contributed by atoms with van der Waals surface area (Å²) in [6.07, 6.45) is 0. The van der Waals surface area contributed by atoms with Crippen LogP contribution in [0.25, 0.3) is 22.5 Å². The lowest BCUT2D eigenvalue weighted by Crippen LogP contribution is -2.12. The molecule has 4 rings (SSSR count). The Labute approximate surface area is 180 Å². The maximum atomic E-state index is 12.9. The largest absolute Gasteiger partial charge is 0.310 e. The Morgan fingerprint density at radius 1 is 0.786 bits per heavy atom. The van der Waals surface area contributed by atoms with Crippen LogP contribution in [0.5, 0.6) is 0 Å². The van der Waals surface area contributed by atoms with Crippen molar-refractivity contribution in [2.75, 3.05) is 0 Å². The Morgan fingerprint density at radius 3 is 1.96 bits per heavy atom. The molecule has 3 aromatic carbocycles. The molecule has 0 fully saturated rings. The molecule has 0 radical (unpaired) electrons. The zero-order chi connectivity index (χ0) is 19.5. The van der Waals surface area contributed by atoms with Crippen molar-refractivity contribution >= 4 is 37.6 Å². The predicted molar refractivity (Wildman–Crippen MR) is 119 cm³/mol. The minimum atomic E-state index is 0.0300. The van der Waals surface area contributed by atoms with Crippen LogP contribution in [0.3, 0.4) is 0 Å². The first-order valence-corrected chi connectivity index (χ1v) is 10.4. The van der Waals surface area contributed by atoms with E-state index in [9.17, 15) is 4.79 Å². The van der Waals surface area contributed by atoms with Crippen LogP contribution in [-0.4, -0.2) is 15.3 Å². The molecule has 0 N–H and O–H groups in total. The third-order valence-electron chi connectivity index (χ3n) is 4.48. The molecule has 4 aromatic rings. The van der Waals surface area contributed by atoms with Crippen LogP contribution in [-0.2, 0) is 6.54 Å². The lowest BCUT2D eigenvalue weighted by atomic mass is 10.0. The summed E-state index contributed by atoms with van der Waals surface area (Å²) in [7, 11) is 0. The van der Waals surface area contributed by atoms with Crippen molar-refractivity contribution in [3.05, 3.63) is 99.7 Å². The Balaban J connectivity index is 1.82. The van der Waals surface area contributed by atoms with Crippen molar-refractivity contribution < 1.29 is 4.79 Å². The minimum absolute atomic E-state index is 0.0300. The molecule has 0 unspecified atom stereocenters. The summed E-state index contributed by atoms with van der Waals surface area (Å²) < 4.78 is 3.52. The molecule has 138 valence electrons. The minimum Gasteiger partial charge on any atom is -0.310 e. The number of nitrogens with zero attached hydrogens (tertiary/aromatic N) is 2. The van der Waals surface area contributed by atoms with Crippen molar-refractivity contribution in [1.29, 1.82) is 0 Å². The van der Waals surface area contributed by atoms with E-state index in [-0.39, 0.29) is 12.3 Å². The Bertz CT molecular complexity index is 1100. The van der Waals surface area contributed by atoms with Gasteiger partial charge in [0.05, 0.1) is 17.9 Å². The van der Waals surface area contributed by atoms with Gasteiger partial charge in [-0.05, 0) is 28.1 Å². The van der Waals surface area contributed by atoms with Gasteiger partial charge in [0.25, 0.3) is 0 Å². The molecule has 0 atom stereocenters. The smallest absolute Gasteiger partial charge is 0.182 e. The normalized spacial score (nSPS) is 10.8. The summed E-state index contributed by atoms with van der Waals surface area (Å²) in [5.41, 5.74) is 4.47. The van der Waals surface area contributed by atoms with Gasteiger partial charge < -0.3 is 4.57 Å². The zero-order valence-corrected chi connectivity index (χ0v) is 18.0. The number of hydrogen-bond donors (Lipinski definition) is 0. The number of carbonyl (C=O) groups excluding carboxylic acids is 1. The van der Waals surface area contributed by atoms with Gasteiger partial charge in [-0.2, -0.15) is 0 Å². The van der Waals surface area contributed by atoms with E-state index < -0.39 is 0 Å². The second-order valence-corrected chi connectivity index (χ2v) is 7.95. The fourth-order valence-electron chi connectivity index (χ4n) is 3.13. The van der Waals surface area contributed by atoms with Gasteiger partial charge in [0.15, 0.2) is 10.5 Å². The second-order valence-electron chi connectivity index (χ2n) is 6.33. The summed E-state index contributed by atoms with van der Waals surface area (Å²) >= 11 is 6.98. The van der Waals surface area contributed by atoms with Crippen molar-refractivity contribution in [2.45, 2.75) is 6.54 Å². The van der Waals surface area contributed by atoms with Crippen LogP contribution in [0.4, 0.5) is 0 Å². The summed E-state index contributed by atoms with van der Waals surface area (Å²) in [6.45, 7) is 0.201. The molecule has 3 nitrogen and oxygen atoms in total. The highest BCUT2D eigenvalue weighted by Crippen LogP contribution is 2.34. The highest BCUT2D eigenvalue weighted by Gasteiger charge is 2.20. The molecule has 0 aliphatic carbocycles. The van der Waals surface area contributed by atoms with Gasteiger partial charge >= 0.3 is 0 Å². The number of hydrogen-bond acceptors (Lipinski definition) is 2. The van der Waals surface area contributed by atoms with Crippen LogP contribution in [0.1, 0.15) is 10.4 Å². The zero-order valence-electron chi connectivity index (χ0n) is 14.8. The molecule has 1 heterocycles. The molecule has 0 saturated carbocycles.